The average molecular weight is 644 g/mol. The van der Waals surface area contributed by atoms with Gasteiger partial charge in [-0.2, -0.15) is 0 Å². The summed E-state index contributed by atoms with van der Waals surface area (Å²) in [6.07, 6.45) is 9.92. The molecule has 0 heterocycles. The van der Waals surface area contributed by atoms with Gasteiger partial charge in [-0.05, 0) is 75.0 Å². The fourth-order valence-electron chi connectivity index (χ4n) is 2.23. The molecule has 0 aliphatic heterocycles. The van der Waals surface area contributed by atoms with Crippen LogP contribution in [0.1, 0.15) is 107 Å². The molecule has 0 bridgehead atoms. The van der Waals surface area contributed by atoms with Crippen molar-refractivity contribution in [2.24, 2.45) is 0 Å². The summed E-state index contributed by atoms with van der Waals surface area (Å²) in [6, 6.07) is 0. The van der Waals surface area contributed by atoms with Crippen molar-refractivity contribution >= 4 is 29.5 Å². The third-order valence-corrected chi connectivity index (χ3v) is 13.2. The Balaban J connectivity index is -0.000000122. The van der Waals surface area contributed by atoms with Crippen molar-refractivity contribution in [3.8, 4) is 0 Å². The summed E-state index contributed by atoms with van der Waals surface area (Å²) >= 11 is 0. The Hall–Kier alpha value is 1.47. The third kappa shape index (κ3) is 42.1. The van der Waals surface area contributed by atoms with E-state index in [1.807, 2.05) is 27.7 Å². The van der Waals surface area contributed by atoms with Gasteiger partial charge in [-0.3, -0.25) is 0 Å². The fourth-order valence-corrected chi connectivity index (χ4v) is 6.69. The Morgan fingerprint density at radius 3 is 0.595 bits per heavy atom. The number of hydrogen-bond acceptors (Lipinski definition) is 8. The van der Waals surface area contributed by atoms with Gasteiger partial charge in [0.15, 0.2) is 0 Å². The SMILES string of the molecule is CCCCP(=O)([O-])CC.CCCCP(=O)([O-])CC.CCCCP(=O)([O-])CC.CCCCP(=O)([O-])CC.[Ti+4]. The topological polar surface area (TPSA) is 161 Å². The maximum absolute atomic E-state index is 10.8. The van der Waals surface area contributed by atoms with Crippen molar-refractivity contribution in [2.75, 3.05) is 49.3 Å². The third-order valence-electron chi connectivity index (χ3n) is 5.34. The molecule has 0 saturated heterocycles. The number of hydrogen-bond donors (Lipinski definition) is 0. The monoisotopic (exact) mass is 644 g/mol. The van der Waals surface area contributed by atoms with Crippen LogP contribution in [-0.2, 0) is 40.0 Å². The summed E-state index contributed by atoms with van der Waals surface area (Å²) in [5.74, 6) is 0. The van der Waals surface area contributed by atoms with Crippen LogP contribution in [0.4, 0.5) is 0 Å². The van der Waals surface area contributed by atoms with Crippen LogP contribution in [-0.4, -0.2) is 49.3 Å². The zero-order valence-corrected chi connectivity index (χ0v) is 30.0. The largest absolute Gasteiger partial charge is 4.00 e. The van der Waals surface area contributed by atoms with Crippen molar-refractivity contribution in [2.45, 2.75) is 107 Å². The van der Waals surface area contributed by atoms with Crippen LogP contribution in [0, 0.1) is 0 Å². The molecule has 8 nitrogen and oxygen atoms in total. The minimum atomic E-state index is -2.94. The smallest absolute Gasteiger partial charge is 0.799 e. The van der Waals surface area contributed by atoms with Crippen LogP contribution in [0.2, 0.25) is 0 Å². The predicted molar refractivity (Wildman–Crippen MR) is 152 cm³/mol. The van der Waals surface area contributed by atoms with Crippen molar-refractivity contribution in [1.82, 2.24) is 0 Å². The summed E-state index contributed by atoms with van der Waals surface area (Å²) in [5.41, 5.74) is 0. The van der Waals surface area contributed by atoms with E-state index in [0.717, 1.165) is 51.4 Å². The first-order chi connectivity index (χ1) is 16.5. The minimum Gasteiger partial charge on any atom is -0.799 e. The summed E-state index contributed by atoms with van der Waals surface area (Å²) < 4.78 is 43.1. The second-order valence-electron chi connectivity index (χ2n) is 8.83. The number of rotatable bonds is 16. The molecule has 0 amide bonds. The molecule has 37 heavy (non-hydrogen) atoms. The molecule has 0 aromatic rings. The molecule has 0 aromatic carbocycles. The van der Waals surface area contributed by atoms with E-state index in [1.54, 1.807) is 27.7 Å². The minimum absolute atomic E-state index is 0. The van der Waals surface area contributed by atoms with E-state index in [1.165, 1.54) is 0 Å². The van der Waals surface area contributed by atoms with Gasteiger partial charge in [0, 0.05) is 29.5 Å². The van der Waals surface area contributed by atoms with E-state index < -0.39 is 29.5 Å². The average Bonchev–Trinajstić information content (AvgIpc) is 2.85. The Kier molecular flexibility index (Phi) is 37.8. The van der Waals surface area contributed by atoms with Crippen LogP contribution in [0.25, 0.3) is 0 Å². The molecule has 0 spiro atoms. The molecule has 0 aliphatic carbocycles. The maximum atomic E-state index is 10.8. The second kappa shape index (κ2) is 29.0. The van der Waals surface area contributed by atoms with E-state index in [2.05, 4.69) is 0 Å². The van der Waals surface area contributed by atoms with Gasteiger partial charge in [0.1, 0.15) is 0 Å². The van der Waals surface area contributed by atoms with Crippen LogP contribution < -0.4 is 19.6 Å². The normalized spacial score (nSPS) is 16.8. The van der Waals surface area contributed by atoms with Gasteiger partial charge in [-0.25, -0.2) is 0 Å². The Bertz CT molecular complexity index is 565. The fraction of sp³-hybridized carbons (Fsp3) is 1.00. The zero-order chi connectivity index (χ0) is 29.3. The van der Waals surface area contributed by atoms with Gasteiger partial charge in [-0.1, -0.05) is 81.1 Å². The molecule has 4 unspecified atom stereocenters. The van der Waals surface area contributed by atoms with E-state index in [-0.39, 0.29) is 21.7 Å². The van der Waals surface area contributed by atoms with Gasteiger partial charge < -0.3 is 37.8 Å². The van der Waals surface area contributed by atoms with Crippen molar-refractivity contribution < 1.29 is 59.6 Å². The van der Waals surface area contributed by atoms with Gasteiger partial charge in [0.25, 0.3) is 0 Å². The molecule has 224 valence electrons. The molecule has 0 radical (unpaired) electrons. The van der Waals surface area contributed by atoms with Crippen LogP contribution in [0.3, 0.4) is 0 Å². The first-order valence-electron chi connectivity index (χ1n) is 13.6. The standard InChI is InChI=1S/4C6H15O2P.Ti/c4*1-3-5-6-9(7,8)4-2;/h4*3-6H2,1-2H3,(H,7,8);/q;;;;+4/p-4. The second-order valence-corrected chi connectivity index (χ2v) is 19.7. The molecule has 0 aliphatic rings. The Morgan fingerprint density at radius 2 is 0.514 bits per heavy atom. The molecule has 0 rings (SSSR count). The molecule has 0 aromatic heterocycles. The molecular formula is C24H56O8P4Ti. The quantitative estimate of drug-likeness (QED) is 0.151. The molecule has 0 fully saturated rings. The summed E-state index contributed by atoms with van der Waals surface area (Å²) in [4.78, 5) is 43.1. The maximum Gasteiger partial charge on any atom is 4.00 e. The van der Waals surface area contributed by atoms with Gasteiger partial charge >= 0.3 is 21.7 Å². The number of unbranched alkanes of at least 4 members (excludes halogenated alkanes) is 4. The van der Waals surface area contributed by atoms with Crippen LogP contribution >= 0.6 is 29.5 Å². The first kappa shape index (κ1) is 48.2. The molecule has 0 saturated carbocycles. The van der Waals surface area contributed by atoms with Gasteiger partial charge in [0.2, 0.25) is 0 Å². The Morgan fingerprint density at radius 1 is 0.378 bits per heavy atom. The van der Waals surface area contributed by atoms with Crippen molar-refractivity contribution in [3.63, 3.8) is 0 Å². The van der Waals surface area contributed by atoms with E-state index in [0.29, 0.717) is 49.3 Å². The molecule has 13 heteroatoms. The predicted octanol–water partition coefficient (Wildman–Crippen LogP) is 5.78. The van der Waals surface area contributed by atoms with Crippen LogP contribution in [0.15, 0.2) is 0 Å². The van der Waals surface area contributed by atoms with E-state index in [4.69, 9.17) is 0 Å². The zero-order valence-electron chi connectivity index (χ0n) is 24.9. The summed E-state index contributed by atoms with van der Waals surface area (Å²) in [7, 11) is -11.8. The van der Waals surface area contributed by atoms with Gasteiger partial charge in [-0.15, -0.1) is 0 Å². The molecule has 0 N–H and O–H groups in total. The van der Waals surface area contributed by atoms with Gasteiger partial charge in [0.05, 0.1) is 0 Å². The summed E-state index contributed by atoms with van der Waals surface area (Å²) in [6.45, 7) is 14.8. The van der Waals surface area contributed by atoms with Crippen molar-refractivity contribution in [1.29, 1.82) is 0 Å². The van der Waals surface area contributed by atoms with E-state index >= 15 is 0 Å². The Labute approximate surface area is 244 Å². The van der Waals surface area contributed by atoms with Crippen LogP contribution in [0.5, 0.6) is 0 Å². The van der Waals surface area contributed by atoms with Crippen molar-refractivity contribution in [3.05, 3.63) is 0 Å². The van der Waals surface area contributed by atoms with E-state index in [9.17, 15) is 37.8 Å². The first-order valence-corrected chi connectivity index (χ1v) is 21.6. The molecule has 4 atom stereocenters. The summed E-state index contributed by atoms with van der Waals surface area (Å²) in [5, 5.41) is 0. The molecular weight excluding hydrogens is 588 g/mol.